The standard InChI is InChI=1S/C26H34N2O4/c1-6-7-22(28-11-10-27-15-28)26(5,24(30)31)17-13-20(29)23-18-12-16(2)8-9-19(18)25(3,4)32-21(23)14-17/h8,10-11,13-15,18-19,22,29H,6-7,9,12H2,1-5H3,(H,30,31)/t18-,19-,22?,26?/m1/s1. The average molecular weight is 439 g/mol. The topological polar surface area (TPSA) is 84.6 Å². The summed E-state index contributed by atoms with van der Waals surface area (Å²) in [7, 11) is 0. The number of hydrogen-bond donors (Lipinski definition) is 2. The van der Waals surface area contributed by atoms with Gasteiger partial charge in [-0.25, -0.2) is 4.98 Å². The van der Waals surface area contributed by atoms with Crippen LogP contribution in [-0.4, -0.2) is 31.3 Å². The molecular formula is C26H34N2O4. The SMILES string of the molecule is CCCC(n1ccnc1)C(C)(C(=O)O)c1cc(O)c2c(c1)OC(C)(C)[C@@H]1CC=C(C)C[C@@H]21. The number of carbonyl (C=O) groups is 1. The normalized spacial score (nSPS) is 24.3. The molecule has 4 rings (SSSR count). The van der Waals surface area contributed by atoms with E-state index in [1.54, 1.807) is 31.7 Å². The number of aromatic nitrogens is 2. The number of ether oxygens (including phenoxy) is 1. The van der Waals surface area contributed by atoms with E-state index in [2.05, 4.69) is 31.8 Å². The Morgan fingerprint density at radius 2 is 2.16 bits per heavy atom. The summed E-state index contributed by atoms with van der Waals surface area (Å²) in [5, 5.41) is 21.6. The highest BCUT2D eigenvalue weighted by atomic mass is 16.5. The van der Waals surface area contributed by atoms with Gasteiger partial charge < -0.3 is 19.5 Å². The van der Waals surface area contributed by atoms with Gasteiger partial charge in [-0.1, -0.05) is 25.0 Å². The van der Waals surface area contributed by atoms with Crippen LogP contribution in [0.2, 0.25) is 0 Å². The van der Waals surface area contributed by atoms with Crippen molar-refractivity contribution in [3.05, 3.63) is 53.6 Å². The number of hydrogen-bond acceptors (Lipinski definition) is 4. The Labute approximate surface area is 189 Å². The van der Waals surface area contributed by atoms with Crippen LogP contribution in [0.3, 0.4) is 0 Å². The predicted molar refractivity (Wildman–Crippen MR) is 123 cm³/mol. The third-order valence-electron chi connectivity index (χ3n) is 7.66. The second-order valence-electron chi connectivity index (χ2n) is 10.1. The zero-order valence-corrected chi connectivity index (χ0v) is 19.6. The lowest BCUT2D eigenvalue weighted by molar-refractivity contribution is -0.145. The Kier molecular flexibility index (Phi) is 5.60. The summed E-state index contributed by atoms with van der Waals surface area (Å²) in [6.07, 6.45) is 10.7. The number of phenols is 1. The Balaban J connectivity index is 1.87. The maximum absolute atomic E-state index is 12.7. The fourth-order valence-corrected chi connectivity index (χ4v) is 5.79. The first-order chi connectivity index (χ1) is 15.1. The van der Waals surface area contributed by atoms with Gasteiger partial charge in [-0.05, 0) is 64.7 Å². The van der Waals surface area contributed by atoms with E-state index in [1.165, 1.54) is 5.57 Å². The number of fused-ring (bicyclic) bond motifs is 3. The molecule has 0 bridgehead atoms. The van der Waals surface area contributed by atoms with Gasteiger partial charge in [0, 0.05) is 29.8 Å². The van der Waals surface area contributed by atoms with Crippen LogP contribution in [0.4, 0.5) is 0 Å². The maximum atomic E-state index is 12.7. The first-order valence-corrected chi connectivity index (χ1v) is 11.5. The summed E-state index contributed by atoms with van der Waals surface area (Å²) in [4.78, 5) is 16.9. The highest BCUT2D eigenvalue weighted by molar-refractivity contribution is 5.82. The van der Waals surface area contributed by atoms with Gasteiger partial charge in [0.2, 0.25) is 0 Å². The molecule has 2 aromatic rings. The van der Waals surface area contributed by atoms with Crippen LogP contribution in [0.5, 0.6) is 11.5 Å². The molecule has 1 aliphatic heterocycles. The van der Waals surface area contributed by atoms with Crippen LogP contribution in [0.25, 0.3) is 0 Å². The van der Waals surface area contributed by atoms with Crippen molar-refractivity contribution in [1.29, 1.82) is 0 Å². The summed E-state index contributed by atoms with van der Waals surface area (Å²) in [6, 6.07) is 3.15. The smallest absolute Gasteiger partial charge is 0.315 e. The fraction of sp³-hybridized carbons (Fsp3) is 0.538. The van der Waals surface area contributed by atoms with E-state index in [-0.39, 0.29) is 23.6 Å². The van der Waals surface area contributed by atoms with E-state index in [0.29, 0.717) is 17.7 Å². The van der Waals surface area contributed by atoms with Crippen molar-refractivity contribution in [2.24, 2.45) is 5.92 Å². The van der Waals surface area contributed by atoms with Gasteiger partial charge >= 0.3 is 5.97 Å². The Morgan fingerprint density at radius 1 is 1.41 bits per heavy atom. The molecule has 0 saturated heterocycles. The maximum Gasteiger partial charge on any atom is 0.315 e. The highest BCUT2D eigenvalue weighted by Gasteiger charge is 2.48. The number of carboxylic acid groups (broad SMARTS) is 1. The van der Waals surface area contributed by atoms with E-state index >= 15 is 0 Å². The molecule has 2 unspecified atom stereocenters. The second kappa shape index (κ2) is 7.98. The van der Waals surface area contributed by atoms with Crippen LogP contribution in [0, 0.1) is 5.92 Å². The minimum atomic E-state index is -1.27. The molecule has 0 amide bonds. The fourth-order valence-electron chi connectivity index (χ4n) is 5.79. The first-order valence-electron chi connectivity index (χ1n) is 11.5. The molecule has 2 N–H and O–H groups in total. The molecule has 0 saturated carbocycles. The van der Waals surface area contributed by atoms with Gasteiger partial charge in [0.05, 0.1) is 12.4 Å². The number of carboxylic acids is 1. The lowest BCUT2D eigenvalue weighted by atomic mass is 9.66. The number of rotatable bonds is 6. The molecule has 0 spiro atoms. The molecule has 0 radical (unpaired) electrons. The number of phenolic OH excluding ortho intramolecular Hbond substituents is 1. The number of aliphatic carboxylic acids is 1. The predicted octanol–water partition coefficient (Wildman–Crippen LogP) is 5.58. The van der Waals surface area contributed by atoms with E-state index in [4.69, 9.17) is 4.74 Å². The largest absolute Gasteiger partial charge is 0.508 e. The summed E-state index contributed by atoms with van der Waals surface area (Å²) in [5.74, 6) is 0.220. The van der Waals surface area contributed by atoms with Gasteiger partial charge in [-0.3, -0.25) is 4.79 Å². The third kappa shape index (κ3) is 3.50. The van der Waals surface area contributed by atoms with E-state index in [9.17, 15) is 15.0 Å². The van der Waals surface area contributed by atoms with Crippen molar-refractivity contribution in [3.63, 3.8) is 0 Å². The monoisotopic (exact) mass is 438 g/mol. The number of nitrogens with zero attached hydrogens (tertiary/aromatic N) is 2. The van der Waals surface area contributed by atoms with Crippen molar-refractivity contribution < 1.29 is 19.7 Å². The molecule has 32 heavy (non-hydrogen) atoms. The van der Waals surface area contributed by atoms with Gasteiger partial charge in [0.1, 0.15) is 22.5 Å². The first kappa shape index (κ1) is 22.4. The van der Waals surface area contributed by atoms with Gasteiger partial charge in [0.15, 0.2) is 0 Å². The van der Waals surface area contributed by atoms with Crippen LogP contribution in [-0.2, 0) is 10.2 Å². The Hall–Kier alpha value is -2.76. The highest BCUT2D eigenvalue weighted by Crippen LogP contribution is 2.55. The van der Waals surface area contributed by atoms with E-state index in [0.717, 1.165) is 24.8 Å². The van der Waals surface area contributed by atoms with Gasteiger partial charge in [-0.2, -0.15) is 0 Å². The minimum Gasteiger partial charge on any atom is -0.508 e. The van der Waals surface area contributed by atoms with Gasteiger partial charge in [0.25, 0.3) is 0 Å². The van der Waals surface area contributed by atoms with E-state index < -0.39 is 17.0 Å². The molecular weight excluding hydrogens is 404 g/mol. The van der Waals surface area contributed by atoms with Crippen molar-refractivity contribution in [3.8, 4) is 11.5 Å². The summed E-state index contributed by atoms with van der Waals surface area (Å²) >= 11 is 0. The quantitative estimate of drug-likeness (QED) is 0.575. The number of allylic oxidation sites excluding steroid dienone is 2. The second-order valence-corrected chi connectivity index (χ2v) is 10.1. The number of aromatic hydroxyl groups is 1. The lowest BCUT2D eigenvalue weighted by Gasteiger charge is -2.47. The zero-order chi connectivity index (χ0) is 23.3. The molecule has 6 nitrogen and oxygen atoms in total. The Bertz CT molecular complexity index is 1040. The van der Waals surface area contributed by atoms with Crippen molar-refractivity contribution >= 4 is 5.97 Å². The summed E-state index contributed by atoms with van der Waals surface area (Å²) < 4.78 is 8.31. The number of imidazole rings is 1. The third-order valence-corrected chi connectivity index (χ3v) is 7.66. The lowest BCUT2D eigenvalue weighted by Crippen LogP contribution is -2.46. The molecule has 1 aromatic heterocycles. The molecule has 2 aliphatic rings. The minimum absolute atomic E-state index is 0.131. The van der Waals surface area contributed by atoms with Crippen molar-refractivity contribution in [1.82, 2.24) is 9.55 Å². The summed E-state index contributed by atoms with van der Waals surface area (Å²) in [5.41, 5.74) is 0.999. The molecule has 0 fully saturated rings. The molecule has 6 heteroatoms. The molecule has 4 atom stereocenters. The van der Waals surface area contributed by atoms with Crippen LogP contribution in [0.1, 0.15) is 83.4 Å². The molecule has 2 heterocycles. The molecule has 172 valence electrons. The van der Waals surface area contributed by atoms with Crippen LogP contribution >= 0.6 is 0 Å². The zero-order valence-electron chi connectivity index (χ0n) is 19.6. The van der Waals surface area contributed by atoms with Crippen molar-refractivity contribution in [2.45, 2.75) is 83.3 Å². The number of benzene rings is 1. The molecule has 1 aliphatic carbocycles. The van der Waals surface area contributed by atoms with Gasteiger partial charge in [-0.15, -0.1) is 0 Å². The van der Waals surface area contributed by atoms with Crippen LogP contribution < -0.4 is 4.74 Å². The molecule has 1 aromatic carbocycles. The van der Waals surface area contributed by atoms with Crippen molar-refractivity contribution in [2.75, 3.05) is 0 Å². The summed E-state index contributed by atoms with van der Waals surface area (Å²) in [6.45, 7) is 10.1. The average Bonchev–Trinajstić information content (AvgIpc) is 3.24. The van der Waals surface area contributed by atoms with Crippen LogP contribution in [0.15, 0.2) is 42.5 Å². The Morgan fingerprint density at radius 3 is 2.78 bits per heavy atom. The van der Waals surface area contributed by atoms with E-state index in [1.807, 2.05) is 17.6 Å².